The van der Waals surface area contributed by atoms with E-state index in [1.165, 1.54) is 39.9 Å². The molecule has 0 aromatic rings. The summed E-state index contributed by atoms with van der Waals surface area (Å²) in [6.07, 6.45) is 7.78. The fourth-order valence-corrected chi connectivity index (χ4v) is 6.05. The van der Waals surface area contributed by atoms with E-state index in [9.17, 15) is 9.59 Å². The third kappa shape index (κ3) is 3.50. The molecule has 152 valence electrons. The fraction of sp³-hybridized carbons (Fsp3) is 0.900. The lowest BCUT2D eigenvalue weighted by atomic mass is 9.64. The highest BCUT2D eigenvalue weighted by atomic mass is 16.5. The van der Waals surface area contributed by atoms with Crippen molar-refractivity contribution in [3.63, 3.8) is 0 Å². The Balaban J connectivity index is 1.24. The van der Waals surface area contributed by atoms with Crippen molar-refractivity contribution >= 4 is 12.2 Å². The van der Waals surface area contributed by atoms with Crippen molar-refractivity contribution in [2.45, 2.75) is 57.0 Å². The van der Waals surface area contributed by atoms with Gasteiger partial charge in [-0.15, -0.1) is 0 Å². The van der Waals surface area contributed by atoms with Crippen molar-refractivity contribution in [3.8, 4) is 0 Å². The van der Waals surface area contributed by atoms with Crippen molar-refractivity contribution in [2.75, 3.05) is 46.9 Å². The summed E-state index contributed by atoms with van der Waals surface area (Å²) in [7, 11) is 2.95. The highest BCUT2D eigenvalue weighted by molar-refractivity contribution is 5.68. The van der Waals surface area contributed by atoms with Crippen LogP contribution in [0.3, 0.4) is 0 Å². The molecular formula is C20H33N3O4. The number of ether oxygens (including phenoxy) is 2. The molecule has 1 spiro atoms. The second-order valence-electron chi connectivity index (χ2n) is 8.95. The average Bonchev–Trinajstić information content (AvgIpc) is 3.33. The van der Waals surface area contributed by atoms with Gasteiger partial charge in [0.1, 0.15) is 0 Å². The van der Waals surface area contributed by atoms with Gasteiger partial charge < -0.3 is 24.2 Å². The van der Waals surface area contributed by atoms with E-state index in [0.29, 0.717) is 23.4 Å². The molecule has 0 bridgehead atoms. The largest absolute Gasteiger partial charge is 0.453 e. The van der Waals surface area contributed by atoms with Gasteiger partial charge in [0.2, 0.25) is 0 Å². The Kier molecular flexibility index (Phi) is 5.23. The van der Waals surface area contributed by atoms with E-state index in [1.54, 1.807) is 0 Å². The minimum absolute atomic E-state index is 0.155. The van der Waals surface area contributed by atoms with Crippen molar-refractivity contribution in [2.24, 2.45) is 11.3 Å². The van der Waals surface area contributed by atoms with Gasteiger partial charge in [-0.1, -0.05) is 0 Å². The van der Waals surface area contributed by atoms with Crippen LogP contribution in [0.15, 0.2) is 0 Å². The molecule has 3 saturated heterocycles. The second kappa shape index (κ2) is 7.49. The Bertz CT molecular complexity index is 570. The highest BCUT2D eigenvalue weighted by Crippen LogP contribution is 2.51. The van der Waals surface area contributed by atoms with Crippen LogP contribution >= 0.6 is 0 Å². The summed E-state index contributed by atoms with van der Waals surface area (Å²) in [6.45, 7) is 4.82. The van der Waals surface area contributed by atoms with E-state index in [1.807, 2.05) is 9.80 Å². The van der Waals surface area contributed by atoms with Gasteiger partial charge >= 0.3 is 12.2 Å². The summed E-state index contributed by atoms with van der Waals surface area (Å²) in [5, 5.41) is 0. The third-order valence-corrected chi connectivity index (χ3v) is 7.55. The number of hydrogen-bond acceptors (Lipinski definition) is 5. The minimum atomic E-state index is -0.178. The van der Waals surface area contributed by atoms with Crippen LogP contribution in [0, 0.1) is 11.3 Å². The molecule has 0 N–H and O–H groups in total. The molecule has 7 nitrogen and oxygen atoms in total. The van der Waals surface area contributed by atoms with E-state index in [-0.39, 0.29) is 12.2 Å². The number of carbonyl (C=O) groups is 2. The average molecular weight is 380 g/mol. The molecule has 7 heteroatoms. The maximum absolute atomic E-state index is 12.0. The van der Waals surface area contributed by atoms with E-state index in [0.717, 1.165) is 52.0 Å². The molecule has 4 rings (SSSR count). The van der Waals surface area contributed by atoms with Crippen molar-refractivity contribution in [1.82, 2.24) is 14.7 Å². The molecule has 1 saturated carbocycles. The quantitative estimate of drug-likeness (QED) is 0.738. The maximum Gasteiger partial charge on any atom is 0.409 e. The Labute approximate surface area is 161 Å². The molecular weight excluding hydrogens is 346 g/mol. The lowest BCUT2D eigenvalue weighted by Crippen LogP contribution is -2.55. The molecule has 1 unspecified atom stereocenters. The SMILES string of the molecule is COC(=O)N1CCC2(CC(N3CCC(C4CCCN4C(=O)OC)CC3)C2)C1. The standard InChI is InChI=1S/C20H33N3O4/c1-26-18(24)22-11-7-20(14-22)12-16(13-20)21-9-5-15(6-10-21)17-4-3-8-23(17)19(25)27-2/h15-17H,3-14H2,1-2H3. The summed E-state index contributed by atoms with van der Waals surface area (Å²) in [5.74, 6) is 0.609. The monoisotopic (exact) mass is 379 g/mol. The van der Waals surface area contributed by atoms with E-state index < -0.39 is 0 Å². The van der Waals surface area contributed by atoms with Gasteiger partial charge in [-0.3, -0.25) is 0 Å². The van der Waals surface area contributed by atoms with Gasteiger partial charge in [-0.05, 0) is 69.4 Å². The van der Waals surface area contributed by atoms with Gasteiger partial charge in [-0.2, -0.15) is 0 Å². The molecule has 0 radical (unpaired) electrons. The maximum atomic E-state index is 12.0. The Hall–Kier alpha value is -1.50. The van der Waals surface area contributed by atoms with Gasteiger partial charge in [0.05, 0.1) is 14.2 Å². The van der Waals surface area contributed by atoms with Gasteiger partial charge in [-0.25, -0.2) is 9.59 Å². The molecule has 0 aromatic heterocycles. The Morgan fingerprint density at radius 1 is 0.926 bits per heavy atom. The smallest absolute Gasteiger partial charge is 0.409 e. The molecule has 27 heavy (non-hydrogen) atoms. The number of piperidine rings is 1. The lowest BCUT2D eigenvalue weighted by Gasteiger charge is -2.52. The molecule has 1 aliphatic carbocycles. The molecule has 1 atom stereocenters. The van der Waals surface area contributed by atoms with Crippen LogP contribution in [0.4, 0.5) is 9.59 Å². The number of carbonyl (C=O) groups excluding carboxylic acids is 2. The third-order valence-electron chi connectivity index (χ3n) is 7.55. The first-order valence-corrected chi connectivity index (χ1v) is 10.5. The first-order valence-electron chi connectivity index (χ1n) is 10.5. The molecule has 0 aromatic carbocycles. The van der Waals surface area contributed by atoms with E-state index in [2.05, 4.69) is 4.90 Å². The number of rotatable bonds is 2. The van der Waals surface area contributed by atoms with Gasteiger partial charge in [0.15, 0.2) is 0 Å². The number of nitrogens with zero attached hydrogens (tertiary/aromatic N) is 3. The zero-order valence-electron chi connectivity index (χ0n) is 16.7. The number of hydrogen-bond donors (Lipinski definition) is 0. The van der Waals surface area contributed by atoms with Crippen molar-refractivity contribution in [3.05, 3.63) is 0 Å². The van der Waals surface area contributed by atoms with Crippen LogP contribution in [-0.4, -0.2) is 85.9 Å². The van der Waals surface area contributed by atoms with Crippen molar-refractivity contribution < 1.29 is 19.1 Å². The van der Waals surface area contributed by atoms with Crippen LogP contribution < -0.4 is 0 Å². The molecule has 3 aliphatic heterocycles. The van der Waals surface area contributed by atoms with Crippen LogP contribution in [0.2, 0.25) is 0 Å². The molecule has 4 aliphatic rings. The summed E-state index contributed by atoms with van der Waals surface area (Å²) in [5.41, 5.74) is 0.336. The summed E-state index contributed by atoms with van der Waals surface area (Å²) < 4.78 is 9.84. The Morgan fingerprint density at radius 2 is 1.63 bits per heavy atom. The van der Waals surface area contributed by atoms with Crippen LogP contribution in [-0.2, 0) is 9.47 Å². The normalized spacial score (nSPS) is 34.7. The first kappa shape index (κ1) is 18.8. The number of methoxy groups -OCH3 is 2. The van der Waals surface area contributed by atoms with Crippen LogP contribution in [0.25, 0.3) is 0 Å². The lowest BCUT2D eigenvalue weighted by molar-refractivity contribution is -0.0152. The van der Waals surface area contributed by atoms with Crippen LogP contribution in [0.5, 0.6) is 0 Å². The zero-order chi connectivity index (χ0) is 19.0. The molecule has 4 fully saturated rings. The van der Waals surface area contributed by atoms with Crippen LogP contribution in [0.1, 0.15) is 44.9 Å². The van der Waals surface area contributed by atoms with Gasteiger partial charge in [0, 0.05) is 31.7 Å². The van der Waals surface area contributed by atoms with E-state index in [4.69, 9.17) is 9.47 Å². The molecule has 3 heterocycles. The highest BCUT2D eigenvalue weighted by Gasteiger charge is 2.51. The Morgan fingerprint density at radius 3 is 2.30 bits per heavy atom. The number of likely N-dealkylation sites (tertiary alicyclic amines) is 3. The predicted octanol–water partition coefficient (Wildman–Crippen LogP) is 2.55. The van der Waals surface area contributed by atoms with Gasteiger partial charge in [0.25, 0.3) is 0 Å². The summed E-state index contributed by atoms with van der Waals surface area (Å²) in [6, 6.07) is 1.04. The summed E-state index contributed by atoms with van der Waals surface area (Å²) >= 11 is 0. The molecule has 2 amide bonds. The predicted molar refractivity (Wildman–Crippen MR) is 100 cm³/mol. The number of amides is 2. The minimum Gasteiger partial charge on any atom is -0.453 e. The first-order chi connectivity index (χ1) is 13.0. The van der Waals surface area contributed by atoms with Crippen molar-refractivity contribution in [1.29, 1.82) is 0 Å². The second-order valence-corrected chi connectivity index (χ2v) is 8.95. The fourth-order valence-electron chi connectivity index (χ4n) is 6.05. The zero-order valence-corrected chi connectivity index (χ0v) is 16.7. The summed E-state index contributed by atoms with van der Waals surface area (Å²) in [4.78, 5) is 30.2. The topological polar surface area (TPSA) is 62.3 Å². The van der Waals surface area contributed by atoms with E-state index >= 15 is 0 Å².